The third-order valence-electron chi connectivity index (χ3n) is 6.76. The van der Waals surface area contributed by atoms with Gasteiger partial charge < -0.3 is 10.2 Å². The van der Waals surface area contributed by atoms with Crippen LogP contribution in [0.1, 0.15) is 60.5 Å². The van der Waals surface area contributed by atoms with Gasteiger partial charge in [0.15, 0.2) is 0 Å². The Kier molecular flexibility index (Phi) is 6.24. The number of amides is 2. The number of rotatable bonds is 7. The van der Waals surface area contributed by atoms with Gasteiger partial charge in [-0.25, -0.2) is 0 Å². The first-order chi connectivity index (χ1) is 16.2. The summed E-state index contributed by atoms with van der Waals surface area (Å²) >= 11 is 0. The molecule has 1 N–H and O–H groups in total. The van der Waals surface area contributed by atoms with Crippen LogP contribution in [0, 0.1) is 0 Å². The number of carbonyl (C=O) groups excluding carboxylic acids is 2. The van der Waals surface area contributed by atoms with Crippen LogP contribution in [0.25, 0.3) is 0 Å². The lowest BCUT2D eigenvalue weighted by molar-refractivity contribution is -0.122. The largest absolute Gasteiger partial charge is 0.349 e. The number of hydrogen-bond donors (Lipinski definition) is 1. The average Bonchev–Trinajstić information content (AvgIpc) is 3.45. The molecule has 6 heteroatoms. The van der Waals surface area contributed by atoms with Crippen molar-refractivity contribution < 1.29 is 9.59 Å². The second-order valence-electron chi connectivity index (χ2n) is 8.98. The minimum atomic E-state index is 0.00642. The van der Waals surface area contributed by atoms with Crippen LogP contribution in [0.2, 0.25) is 0 Å². The molecule has 0 bridgehead atoms. The number of fused-ring (bicyclic) bond motifs is 2. The molecule has 1 aliphatic heterocycles. The molecule has 0 saturated carbocycles. The van der Waals surface area contributed by atoms with E-state index in [2.05, 4.69) is 33.3 Å². The summed E-state index contributed by atoms with van der Waals surface area (Å²) in [6.07, 6.45) is 7.10. The Balaban J connectivity index is 1.14. The van der Waals surface area contributed by atoms with Crippen LogP contribution in [-0.4, -0.2) is 28.1 Å². The Labute approximate surface area is 194 Å². The normalized spacial score (nSPS) is 16.8. The molecule has 1 atom stereocenters. The molecule has 0 fully saturated rings. The standard InChI is InChI=1S/C27H30N4O2/c32-26(14-7-15-27(33)30-17-16-21-10-4-5-12-24(21)30)29-23-11-6-13-25-22(23)18-28-31(25)19-20-8-2-1-3-9-20/h1-5,8-10,12,18,23H,6-7,11,13-17,19H2,(H,29,32). The highest BCUT2D eigenvalue weighted by Gasteiger charge is 2.26. The van der Waals surface area contributed by atoms with Crippen molar-refractivity contribution in [3.63, 3.8) is 0 Å². The van der Waals surface area contributed by atoms with Crippen LogP contribution in [0.5, 0.6) is 0 Å². The van der Waals surface area contributed by atoms with Gasteiger partial charge in [0.2, 0.25) is 11.8 Å². The molecule has 2 aromatic carbocycles. The van der Waals surface area contributed by atoms with E-state index < -0.39 is 0 Å². The third-order valence-corrected chi connectivity index (χ3v) is 6.76. The number of nitrogens with zero attached hydrogens (tertiary/aromatic N) is 3. The molecule has 1 aromatic heterocycles. The number of anilines is 1. The van der Waals surface area contributed by atoms with Crippen molar-refractivity contribution >= 4 is 17.5 Å². The van der Waals surface area contributed by atoms with E-state index in [1.165, 1.54) is 16.8 Å². The van der Waals surface area contributed by atoms with E-state index >= 15 is 0 Å². The minimum absolute atomic E-state index is 0.00642. The fourth-order valence-electron chi connectivity index (χ4n) is 5.06. The van der Waals surface area contributed by atoms with Crippen LogP contribution in [-0.2, 0) is 29.0 Å². The van der Waals surface area contributed by atoms with Crippen molar-refractivity contribution in [2.45, 2.75) is 57.5 Å². The van der Waals surface area contributed by atoms with E-state index in [1.807, 2.05) is 47.5 Å². The van der Waals surface area contributed by atoms with Gasteiger partial charge in [-0.1, -0.05) is 48.5 Å². The molecule has 33 heavy (non-hydrogen) atoms. The zero-order valence-corrected chi connectivity index (χ0v) is 18.9. The summed E-state index contributed by atoms with van der Waals surface area (Å²) in [6, 6.07) is 18.4. The molecule has 1 unspecified atom stereocenters. The average molecular weight is 443 g/mol. The van der Waals surface area contributed by atoms with E-state index in [0.717, 1.165) is 50.0 Å². The summed E-state index contributed by atoms with van der Waals surface area (Å²) in [4.78, 5) is 27.2. The summed E-state index contributed by atoms with van der Waals surface area (Å²) in [5.41, 5.74) is 5.83. The number of hydrogen-bond acceptors (Lipinski definition) is 3. The maximum absolute atomic E-state index is 12.7. The van der Waals surface area contributed by atoms with Crippen LogP contribution in [0.3, 0.4) is 0 Å². The van der Waals surface area contributed by atoms with Crippen molar-refractivity contribution in [3.05, 3.63) is 83.2 Å². The zero-order valence-electron chi connectivity index (χ0n) is 18.9. The lowest BCUT2D eigenvalue weighted by Crippen LogP contribution is -2.32. The van der Waals surface area contributed by atoms with Crippen molar-refractivity contribution in [1.29, 1.82) is 0 Å². The van der Waals surface area contributed by atoms with Gasteiger partial charge in [-0.3, -0.25) is 14.3 Å². The van der Waals surface area contributed by atoms with Gasteiger partial charge in [0, 0.05) is 36.3 Å². The number of aromatic nitrogens is 2. The lowest BCUT2D eigenvalue weighted by atomic mass is 9.92. The number of nitrogens with one attached hydrogen (secondary N) is 1. The van der Waals surface area contributed by atoms with Gasteiger partial charge in [-0.05, 0) is 49.3 Å². The SMILES string of the molecule is O=C(CCCC(=O)N1CCc2ccccc21)NC1CCCc2c1cnn2Cc1ccccc1. The zero-order chi connectivity index (χ0) is 22.6. The fourth-order valence-corrected chi connectivity index (χ4v) is 5.06. The Morgan fingerprint density at radius 3 is 2.70 bits per heavy atom. The van der Waals surface area contributed by atoms with Gasteiger partial charge in [0.1, 0.15) is 0 Å². The summed E-state index contributed by atoms with van der Waals surface area (Å²) in [5.74, 6) is 0.119. The smallest absolute Gasteiger partial charge is 0.227 e. The van der Waals surface area contributed by atoms with E-state index in [9.17, 15) is 9.59 Å². The highest BCUT2D eigenvalue weighted by molar-refractivity contribution is 5.95. The highest BCUT2D eigenvalue weighted by atomic mass is 16.2. The van der Waals surface area contributed by atoms with Crippen LogP contribution in [0.15, 0.2) is 60.8 Å². The summed E-state index contributed by atoms with van der Waals surface area (Å²) in [6.45, 7) is 1.49. The molecule has 2 heterocycles. The first-order valence-electron chi connectivity index (χ1n) is 11.9. The summed E-state index contributed by atoms with van der Waals surface area (Å²) in [5, 5.41) is 7.81. The molecule has 3 aromatic rings. The maximum atomic E-state index is 12.7. The molecule has 5 rings (SSSR count). The molecular formula is C27H30N4O2. The second-order valence-corrected chi connectivity index (χ2v) is 8.98. The molecular weight excluding hydrogens is 412 g/mol. The Bertz CT molecular complexity index is 1140. The molecule has 1 aliphatic carbocycles. The first-order valence-corrected chi connectivity index (χ1v) is 11.9. The number of para-hydroxylation sites is 1. The van der Waals surface area contributed by atoms with Crippen molar-refractivity contribution in [3.8, 4) is 0 Å². The van der Waals surface area contributed by atoms with Crippen LogP contribution in [0.4, 0.5) is 5.69 Å². The fraction of sp³-hybridized carbons (Fsp3) is 0.370. The molecule has 2 amide bonds. The maximum Gasteiger partial charge on any atom is 0.227 e. The number of benzene rings is 2. The van der Waals surface area contributed by atoms with E-state index in [1.54, 1.807) is 0 Å². The van der Waals surface area contributed by atoms with Gasteiger partial charge in [0.25, 0.3) is 0 Å². The quantitative estimate of drug-likeness (QED) is 0.597. The first kappa shape index (κ1) is 21.4. The Morgan fingerprint density at radius 1 is 1.00 bits per heavy atom. The summed E-state index contributed by atoms with van der Waals surface area (Å²) < 4.78 is 2.07. The molecule has 0 spiro atoms. The molecule has 0 radical (unpaired) electrons. The minimum Gasteiger partial charge on any atom is -0.349 e. The summed E-state index contributed by atoms with van der Waals surface area (Å²) in [7, 11) is 0. The van der Waals surface area contributed by atoms with Gasteiger partial charge in [-0.15, -0.1) is 0 Å². The van der Waals surface area contributed by atoms with E-state index in [-0.39, 0.29) is 17.9 Å². The topological polar surface area (TPSA) is 67.2 Å². The number of carbonyl (C=O) groups is 2. The predicted molar refractivity (Wildman–Crippen MR) is 128 cm³/mol. The van der Waals surface area contributed by atoms with Gasteiger partial charge in [-0.2, -0.15) is 5.10 Å². The van der Waals surface area contributed by atoms with Crippen molar-refractivity contribution in [2.75, 3.05) is 11.4 Å². The third kappa shape index (κ3) is 4.70. The molecule has 2 aliphatic rings. The van der Waals surface area contributed by atoms with Gasteiger partial charge >= 0.3 is 0 Å². The van der Waals surface area contributed by atoms with E-state index in [0.29, 0.717) is 19.3 Å². The predicted octanol–water partition coefficient (Wildman–Crippen LogP) is 4.18. The Hall–Kier alpha value is -3.41. The lowest BCUT2D eigenvalue weighted by Gasteiger charge is -2.24. The van der Waals surface area contributed by atoms with E-state index in [4.69, 9.17) is 0 Å². The molecule has 0 saturated heterocycles. The van der Waals surface area contributed by atoms with Crippen molar-refractivity contribution in [1.82, 2.24) is 15.1 Å². The molecule has 6 nitrogen and oxygen atoms in total. The Morgan fingerprint density at radius 2 is 1.82 bits per heavy atom. The van der Waals surface area contributed by atoms with Crippen LogP contribution >= 0.6 is 0 Å². The van der Waals surface area contributed by atoms with Crippen LogP contribution < -0.4 is 10.2 Å². The second kappa shape index (κ2) is 9.61. The monoisotopic (exact) mass is 442 g/mol. The highest BCUT2D eigenvalue weighted by Crippen LogP contribution is 2.30. The molecule has 170 valence electrons. The van der Waals surface area contributed by atoms with Gasteiger partial charge in [0.05, 0.1) is 18.8 Å². The van der Waals surface area contributed by atoms with Crippen molar-refractivity contribution in [2.24, 2.45) is 0 Å².